The highest BCUT2D eigenvalue weighted by molar-refractivity contribution is 5.20. The maximum absolute atomic E-state index is 10.9. The van der Waals surface area contributed by atoms with Crippen molar-refractivity contribution in [1.82, 2.24) is 0 Å². The Morgan fingerprint density at radius 1 is 0.781 bits per heavy atom. The van der Waals surface area contributed by atoms with Crippen LogP contribution < -0.4 is 11.5 Å². The molecule has 8 fully saturated rings. The summed E-state index contributed by atoms with van der Waals surface area (Å²) in [6.07, 6.45) is 15.9. The fraction of sp³-hybridized carbons (Fsp3) is 1.00. The van der Waals surface area contributed by atoms with Gasteiger partial charge in [-0.1, -0.05) is 40.5 Å². The van der Waals surface area contributed by atoms with E-state index in [1.165, 1.54) is 44.9 Å². The molecule has 0 aliphatic heterocycles. The van der Waals surface area contributed by atoms with Gasteiger partial charge in [0, 0.05) is 11.1 Å². The van der Waals surface area contributed by atoms with Crippen molar-refractivity contribution in [3.63, 3.8) is 0 Å². The van der Waals surface area contributed by atoms with E-state index in [4.69, 9.17) is 16.3 Å². The molecule has 182 valence electrons. The largest absolute Gasteiger partial charge is 0.325 e. The average Bonchev–Trinajstić information content (AvgIpc) is 2.55. The molecule has 6 nitrogen and oxygen atoms in total. The normalized spacial score (nSPS) is 56.6. The van der Waals surface area contributed by atoms with E-state index in [0.717, 1.165) is 44.4 Å². The Balaban J connectivity index is 0.000000144. The second kappa shape index (κ2) is 6.62. The summed E-state index contributed by atoms with van der Waals surface area (Å²) in [4.78, 5) is 16.1. The third-order valence-electron chi connectivity index (χ3n) is 10.7. The summed E-state index contributed by atoms with van der Waals surface area (Å²) in [5.74, 6) is 0.955. The molecule has 0 amide bonds. The predicted octanol–water partition coefficient (Wildman–Crippen LogP) is 5.50. The SMILES string of the molecule is CC12CC3CC(C)(C1)CC(N)(C3)C2.CCC12CC3(N)CC(CC)(C1)CC(O[N+](=O)[O-])(C3)C2. The minimum absolute atomic E-state index is 0.162. The van der Waals surface area contributed by atoms with E-state index >= 15 is 0 Å². The lowest BCUT2D eigenvalue weighted by molar-refractivity contribution is -0.786. The zero-order chi connectivity index (χ0) is 23.3. The summed E-state index contributed by atoms with van der Waals surface area (Å²) >= 11 is 0. The molecule has 0 heterocycles. The van der Waals surface area contributed by atoms with Crippen LogP contribution in [0.25, 0.3) is 0 Å². The first kappa shape index (κ1) is 22.9. The van der Waals surface area contributed by atoms with Crippen LogP contribution in [0, 0.1) is 37.7 Å². The molecule has 8 rings (SSSR count). The molecule has 8 bridgehead atoms. The van der Waals surface area contributed by atoms with Gasteiger partial charge < -0.3 is 16.3 Å². The highest BCUT2D eigenvalue weighted by Gasteiger charge is 2.67. The maximum Gasteiger partial charge on any atom is 0.295 e. The topological polar surface area (TPSA) is 104 Å². The fourth-order valence-corrected chi connectivity index (χ4v) is 11.6. The van der Waals surface area contributed by atoms with Crippen molar-refractivity contribution in [3.8, 4) is 0 Å². The molecule has 6 heteroatoms. The summed E-state index contributed by atoms with van der Waals surface area (Å²) in [5.41, 5.74) is 14.0. The molecule has 8 aliphatic rings. The minimum atomic E-state index is -0.612. The second-order valence-electron chi connectivity index (χ2n) is 14.6. The van der Waals surface area contributed by atoms with Crippen LogP contribution in [0.3, 0.4) is 0 Å². The maximum atomic E-state index is 10.9. The van der Waals surface area contributed by atoms with Crippen molar-refractivity contribution in [2.75, 3.05) is 0 Å². The Labute approximate surface area is 193 Å². The van der Waals surface area contributed by atoms with Crippen LogP contribution in [-0.2, 0) is 4.84 Å². The number of nitrogens with two attached hydrogens (primary N) is 2. The number of rotatable bonds is 4. The standard InChI is InChI=1S/C14H24N2O3.C12H21N/c1-3-11-5-12(4-2)7-13(15,6-11)10-14(8-11,9-12)19-16(17)18;1-10-3-9-4-11(2,6-10)8-12(13,5-9)7-10/h3-10,15H2,1-2H3;9H,3-8,13H2,1-2H3. The molecular weight excluding hydrogens is 402 g/mol. The molecular formula is C26H45N3O3. The first-order valence-electron chi connectivity index (χ1n) is 13.1. The smallest absolute Gasteiger partial charge is 0.295 e. The van der Waals surface area contributed by atoms with Crippen LogP contribution in [-0.4, -0.2) is 21.8 Å². The van der Waals surface area contributed by atoms with Crippen molar-refractivity contribution >= 4 is 0 Å². The van der Waals surface area contributed by atoms with Gasteiger partial charge in [0.05, 0.1) is 0 Å². The van der Waals surface area contributed by atoms with Gasteiger partial charge in [-0.05, 0) is 105 Å². The van der Waals surface area contributed by atoms with Crippen molar-refractivity contribution < 1.29 is 9.92 Å². The molecule has 32 heavy (non-hydrogen) atoms. The first-order valence-corrected chi connectivity index (χ1v) is 13.1. The third-order valence-corrected chi connectivity index (χ3v) is 10.7. The predicted molar refractivity (Wildman–Crippen MR) is 125 cm³/mol. The Kier molecular flexibility index (Phi) is 4.73. The zero-order valence-electron chi connectivity index (χ0n) is 20.8. The van der Waals surface area contributed by atoms with E-state index < -0.39 is 10.7 Å². The van der Waals surface area contributed by atoms with Gasteiger partial charge in [-0.2, -0.15) is 0 Å². The number of nitrogens with zero attached hydrogens (tertiary/aromatic N) is 1. The molecule has 0 aromatic carbocycles. The van der Waals surface area contributed by atoms with Crippen molar-refractivity contribution in [2.45, 2.75) is 134 Å². The third kappa shape index (κ3) is 3.68. The van der Waals surface area contributed by atoms with Crippen molar-refractivity contribution in [3.05, 3.63) is 10.1 Å². The second-order valence-corrected chi connectivity index (χ2v) is 14.6. The van der Waals surface area contributed by atoms with Gasteiger partial charge in [0.15, 0.2) is 0 Å². The summed E-state index contributed by atoms with van der Waals surface area (Å²) in [5, 5.41) is 10.3. The number of hydrogen-bond donors (Lipinski definition) is 2. The molecule has 0 spiro atoms. The van der Waals surface area contributed by atoms with E-state index in [-0.39, 0.29) is 21.9 Å². The molecule has 0 aromatic rings. The Bertz CT molecular complexity index is 741. The summed E-state index contributed by atoms with van der Waals surface area (Å²) in [7, 11) is 0. The van der Waals surface area contributed by atoms with E-state index in [0.29, 0.717) is 17.3 Å². The van der Waals surface area contributed by atoms with Crippen LogP contribution >= 0.6 is 0 Å². The summed E-state index contributed by atoms with van der Waals surface area (Å²) < 4.78 is 0. The van der Waals surface area contributed by atoms with Gasteiger partial charge in [-0.3, -0.25) is 0 Å². The summed E-state index contributed by atoms with van der Waals surface area (Å²) in [6.45, 7) is 9.33. The van der Waals surface area contributed by atoms with Crippen molar-refractivity contribution in [2.24, 2.45) is 39.0 Å². The molecule has 0 radical (unpaired) electrons. The van der Waals surface area contributed by atoms with Gasteiger partial charge in [0.25, 0.3) is 5.09 Å². The molecule has 0 aromatic heterocycles. The highest BCUT2D eigenvalue weighted by Crippen LogP contribution is 2.70. The minimum Gasteiger partial charge on any atom is -0.325 e. The van der Waals surface area contributed by atoms with Crippen LogP contribution in [0.15, 0.2) is 0 Å². The van der Waals surface area contributed by atoms with Crippen LogP contribution in [0.2, 0.25) is 0 Å². The molecule has 0 saturated heterocycles. The average molecular weight is 448 g/mol. The number of hydrogen-bond acceptors (Lipinski definition) is 5. The lowest BCUT2D eigenvalue weighted by Crippen LogP contribution is -2.70. The Hall–Kier alpha value is -0.880. The summed E-state index contributed by atoms with van der Waals surface area (Å²) in [6, 6.07) is 0. The zero-order valence-corrected chi connectivity index (χ0v) is 20.8. The van der Waals surface area contributed by atoms with Gasteiger partial charge in [-0.15, -0.1) is 10.1 Å². The molecule has 4 atom stereocenters. The van der Waals surface area contributed by atoms with Gasteiger partial charge >= 0.3 is 0 Å². The van der Waals surface area contributed by atoms with E-state index in [2.05, 4.69) is 27.7 Å². The first-order chi connectivity index (χ1) is 14.7. The van der Waals surface area contributed by atoms with Crippen molar-refractivity contribution in [1.29, 1.82) is 0 Å². The lowest BCUT2D eigenvalue weighted by atomic mass is 9.39. The molecule has 4 N–H and O–H groups in total. The highest BCUT2D eigenvalue weighted by atomic mass is 17.0. The van der Waals surface area contributed by atoms with E-state index in [1.807, 2.05) is 0 Å². The quantitative estimate of drug-likeness (QED) is 0.437. The molecule has 4 unspecified atom stereocenters. The lowest BCUT2D eigenvalue weighted by Gasteiger charge is -2.68. The Morgan fingerprint density at radius 2 is 1.31 bits per heavy atom. The monoisotopic (exact) mass is 447 g/mol. The molecule has 8 aliphatic carbocycles. The van der Waals surface area contributed by atoms with Crippen LogP contribution in [0.1, 0.15) is 118 Å². The van der Waals surface area contributed by atoms with E-state index in [1.54, 1.807) is 0 Å². The van der Waals surface area contributed by atoms with Gasteiger partial charge in [0.2, 0.25) is 0 Å². The Morgan fingerprint density at radius 3 is 1.72 bits per heavy atom. The van der Waals surface area contributed by atoms with Crippen LogP contribution in [0.4, 0.5) is 0 Å². The van der Waals surface area contributed by atoms with E-state index in [9.17, 15) is 10.1 Å². The molecule has 8 saturated carbocycles. The van der Waals surface area contributed by atoms with Gasteiger partial charge in [-0.25, -0.2) is 0 Å². The van der Waals surface area contributed by atoms with Crippen LogP contribution in [0.5, 0.6) is 0 Å². The van der Waals surface area contributed by atoms with Gasteiger partial charge in [0.1, 0.15) is 5.60 Å². The fourth-order valence-electron chi connectivity index (χ4n) is 11.6.